The van der Waals surface area contributed by atoms with E-state index in [0.29, 0.717) is 25.7 Å². The third-order valence-electron chi connectivity index (χ3n) is 2.91. The Bertz CT molecular complexity index is 362. The van der Waals surface area contributed by atoms with Crippen molar-refractivity contribution in [2.45, 2.75) is 38.5 Å². The molecule has 8 heteroatoms. The van der Waals surface area contributed by atoms with Gasteiger partial charge in [0.2, 0.25) is 0 Å². The molecule has 0 saturated carbocycles. The minimum absolute atomic E-state index is 0.0231. The fourth-order valence-electron chi connectivity index (χ4n) is 1.88. The molecule has 0 aliphatic carbocycles. The number of unbranched alkanes of at least 4 members (excludes halogenated alkanes) is 3. The van der Waals surface area contributed by atoms with Gasteiger partial charge in [0.25, 0.3) is 0 Å². The zero-order chi connectivity index (χ0) is 15.7. The Morgan fingerprint density at radius 3 is 1.60 bits per heavy atom. The van der Waals surface area contributed by atoms with E-state index in [1.54, 1.807) is 0 Å². The van der Waals surface area contributed by atoms with Gasteiger partial charge in [0.15, 0.2) is 5.92 Å². The van der Waals surface area contributed by atoms with Crippen molar-refractivity contribution in [1.82, 2.24) is 0 Å². The van der Waals surface area contributed by atoms with Gasteiger partial charge in [0.05, 0.1) is 5.92 Å². The third kappa shape index (κ3) is 6.72. The Balaban J connectivity index is 4.28. The van der Waals surface area contributed by atoms with Crippen molar-refractivity contribution in [1.29, 1.82) is 0 Å². The van der Waals surface area contributed by atoms with E-state index in [2.05, 4.69) is 0 Å². The SMILES string of the molecule is O=C(O)CCCCCCC(C(=O)O)C(C(=O)O)C(=O)O. The Morgan fingerprint density at radius 1 is 0.700 bits per heavy atom. The number of carboxylic acids is 4. The molecule has 0 aromatic rings. The van der Waals surface area contributed by atoms with Crippen LogP contribution in [-0.4, -0.2) is 44.3 Å². The first-order valence-electron chi connectivity index (χ1n) is 6.17. The fraction of sp³-hybridized carbons (Fsp3) is 0.667. The van der Waals surface area contributed by atoms with Gasteiger partial charge in [-0.25, -0.2) is 0 Å². The molecule has 0 aliphatic rings. The second-order valence-electron chi connectivity index (χ2n) is 4.45. The van der Waals surface area contributed by atoms with Crippen molar-refractivity contribution in [3.05, 3.63) is 0 Å². The Labute approximate surface area is 115 Å². The van der Waals surface area contributed by atoms with E-state index in [1.165, 1.54) is 0 Å². The fourth-order valence-corrected chi connectivity index (χ4v) is 1.88. The second kappa shape index (κ2) is 8.89. The van der Waals surface area contributed by atoms with Crippen molar-refractivity contribution < 1.29 is 39.6 Å². The molecular weight excluding hydrogens is 272 g/mol. The van der Waals surface area contributed by atoms with Crippen LogP contribution in [0.4, 0.5) is 0 Å². The number of carboxylic acid groups (broad SMARTS) is 4. The summed E-state index contributed by atoms with van der Waals surface area (Å²) in [4.78, 5) is 42.8. The molecule has 20 heavy (non-hydrogen) atoms. The Kier molecular flexibility index (Phi) is 7.95. The molecule has 0 amide bonds. The van der Waals surface area contributed by atoms with Crippen molar-refractivity contribution in [2.24, 2.45) is 11.8 Å². The first-order valence-corrected chi connectivity index (χ1v) is 6.17. The lowest BCUT2D eigenvalue weighted by Gasteiger charge is -2.16. The molecule has 0 fully saturated rings. The standard InChI is InChI=1S/C12H18O8/c13-8(14)6-4-2-1-3-5-7(10(15)16)9(11(17)18)12(19)20/h7,9H,1-6H2,(H,13,14)(H,15,16)(H,17,18)(H,19,20). The molecule has 0 spiro atoms. The van der Waals surface area contributed by atoms with Crippen LogP contribution >= 0.6 is 0 Å². The van der Waals surface area contributed by atoms with Gasteiger partial charge in [-0.2, -0.15) is 0 Å². The van der Waals surface area contributed by atoms with E-state index in [9.17, 15) is 19.2 Å². The summed E-state index contributed by atoms with van der Waals surface area (Å²) in [5.74, 6) is -9.15. The van der Waals surface area contributed by atoms with Crippen LogP contribution in [0, 0.1) is 11.8 Å². The predicted molar refractivity (Wildman–Crippen MR) is 65.2 cm³/mol. The van der Waals surface area contributed by atoms with E-state index in [1.807, 2.05) is 0 Å². The van der Waals surface area contributed by atoms with Gasteiger partial charge in [-0.15, -0.1) is 0 Å². The van der Waals surface area contributed by atoms with Crippen LogP contribution in [0.5, 0.6) is 0 Å². The maximum Gasteiger partial charge on any atom is 0.318 e. The zero-order valence-electron chi connectivity index (χ0n) is 10.8. The molecule has 4 N–H and O–H groups in total. The minimum atomic E-state index is -1.97. The van der Waals surface area contributed by atoms with Crippen LogP contribution in [0.1, 0.15) is 38.5 Å². The predicted octanol–water partition coefficient (Wildman–Crippen LogP) is 0.898. The number of rotatable bonds is 11. The molecule has 0 aromatic carbocycles. The maximum atomic E-state index is 11.0. The van der Waals surface area contributed by atoms with Gasteiger partial charge >= 0.3 is 23.9 Å². The summed E-state index contributed by atoms with van der Waals surface area (Å²) in [6, 6.07) is 0. The smallest absolute Gasteiger partial charge is 0.318 e. The van der Waals surface area contributed by atoms with Crippen LogP contribution in [0.3, 0.4) is 0 Å². The highest BCUT2D eigenvalue weighted by atomic mass is 16.4. The molecule has 0 aromatic heterocycles. The van der Waals surface area contributed by atoms with Crippen molar-refractivity contribution >= 4 is 23.9 Å². The summed E-state index contributed by atoms with van der Waals surface area (Å²) in [5.41, 5.74) is 0. The molecule has 114 valence electrons. The highest BCUT2D eigenvalue weighted by molar-refractivity contribution is 5.97. The quantitative estimate of drug-likeness (QED) is 0.324. The summed E-state index contributed by atoms with van der Waals surface area (Å²) < 4.78 is 0. The largest absolute Gasteiger partial charge is 0.481 e. The highest BCUT2D eigenvalue weighted by Crippen LogP contribution is 2.21. The summed E-state index contributed by atoms with van der Waals surface area (Å²) >= 11 is 0. The lowest BCUT2D eigenvalue weighted by Crippen LogP contribution is -2.35. The van der Waals surface area contributed by atoms with Gasteiger partial charge in [-0.1, -0.05) is 19.3 Å². The van der Waals surface area contributed by atoms with Crippen LogP contribution < -0.4 is 0 Å². The van der Waals surface area contributed by atoms with Crippen LogP contribution in [-0.2, 0) is 19.2 Å². The van der Waals surface area contributed by atoms with Gasteiger partial charge in [0.1, 0.15) is 0 Å². The van der Waals surface area contributed by atoms with Gasteiger partial charge < -0.3 is 20.4 Å². The maximum absolute atomic E-state index is 11.0. The minimum Gasteiger partial charge on any atom is -0.481 e. The monoisotopic (exact) mass is 290 g/mol. The lowest BCUT2D eigenvalue weighted by atomic mass is 9.87. The average molecular weight is 290 g/mol. The first kappa shape index (κ1) is 17.9. The second-order valence-corrected chi connectivity index (χ2v) is 4.45. The molecule has 0 heterocycles. The van der Waals surface area contributed by atoms with Crippen molar-refractivity contribution in [3.8, 4) is 0 Å². The first-order chi connectivity index (χ1) is 9.27. The molecule has 0 bridgehead atoms. The summed E-state index contributed by atoms with van der Waals surface area (Å²) in [5, 5.41) is 34.8. The van der Waals surface area contributed by atoms with Gasteiger partial charge in [0, 0.05) is 6.42 Å². The topological polar surface area (TPSA) is 149 Å². The average Bonchev–Trinajstić information content (AvgIpc) is 2.29. The van der Waals surface area contributed by atoms with Crippen molar-refractivity contribution in [3.63, 3.8) is 0 Å². The lowest BCUT2D eigenvalue weighted by molar-refractivity contribution is -0.164. The Hall–Kier alpha value is -2.12. The molecule has 0 aliphatic heterocycles. The molecule has 0 saturated heterocycles. The van der Waals surface area contributed by atoms with Gasteiger partial charge in [-0.05, 0) is 12.8 Å². The van der Waals surface area contributed by atoms with E-state index < -0.39 is 35.7 Å². The van der Waals surface area contributed by atoms with E-state index in [0.717, 1.165) is 0 Å². The molecule has 0 rings (SSSR count). The molecular formula is C12H18O8. The van der Waals surface area contributed by atoms with Crippen LogP contribution in [0.2, 0.25) is 0 Å². The Morgan fingerprint density at radius 2 is 1.20 bits per heavy atom. The third-order valence-corrected chi connectivity index (χ3v) is 2.91. The molecule has 1 unspecified atom stereocenters. The summed E-state index contributed by atoms with van der Waals surface area (Å²) in [6.07, 6.45) is 1.86. The van der Waals surface area contributed by atoms with Crippen LogP contribution in [0.25, 0.3) is 0 Å². The highest BCUT2D eigenvalue weighted by Gasteiger charge is 2.39. The molecule has 0 radical (unpaired) electrons. The number of hydrogen-bond acceptors (Lipinski definition) is 4. The summed E-state index contributed by atoms with van der Waals surface area (Å²) in [6.45, 7) is 0. The number of hydrogen-bond donors (Lipinski definition) is 4. The number of carbonyl (C=O) groups is 4. The molecule has 8 nitrogen and oxygen atoms in total. The summed E-state index contributed by atoms with van der Waals surface area (Å²) in [7, 11) is 0. The zero-order valence-corrected chi connectivity index (χ0v) is 10.8. The van der Waals surface area contributed by atoms with E-state index in [4.69, 9.17) is 20.4 Å². The van der Waals surface area contributed by atoms with E-state index in [-0.39, 0.29) is 12.8 Å². The number of aliphatic carboxylic acids is 4. The van der Waals surface area contributed by atoms with Crippen LogP contribution in [0.15, 0.2) is 0 Å². The molecule has 1 atom stereocenters. The van der Waals surface area contributed by atoms with E-state index >= 15 is 0 Å². The normalized spacial score (nSPS) is 12.1. The van der Waals surface area contributed by atoms with Crippen molar-refractivity contribution in [2.75, 3.05) is 0 Å². The van der Waals surface area contributed by atoms with Gasteiger partial charge in [-0.3, -0.25) is 19.2 Å².